The predicted octanol–water partition coefficient (Wildman–Crippen LogP) is 1.73. The molecule has 2 aromatic heterocycles. The summed E-state index contributed by atoms with van der Waals surface area (Å²) in [7, 11) is 0. The van der Waals surface area contributed by atoms with Gasteiger partial charge in [-0.15, -0.1) is 0 Å². The van der Waals surface area contributed by atoms with Gasteiger partial charge in [0.05, 0.1) is 6.04 Å². The van der Waals surface area contributed by atoms with E-state index in [1.807, 2.05) is 10.7 Å². The minimum Gasteiger partial charge on any atom is -0.271 e. The molecule has 0 amide bonds. The van der Waals surface area contributed by atoms with E-state index in [4.69, 9.17) is 17.4 Å². The Balaban J connectivity index is 2.16. The van der Waals surface area contributed by atoms with Crippen molar-refractivity contribution in [1.82, 2.24) is 25.2 Å². The molecule has 0 bridgehead atoms. The van der Waals surface area contributed by atoms with Crippen LogP contribution in [0.2, 0.25) is 5.15 Å². The molecule has 0 spiro atoms. The van der Waals surface area contributed by atoms with Crippen molar-refractivity contribution in [1.29, 1.82) is 0 Å². The molecule has 1 unspecified atom stereocenters. The zero-order valence-electron chi connectivity index (χ0n) is 11.6. The van der Waals surface area contributed by atoms with Crippen LogP contribution in [0.3, 0.4) is 0 Å². The zero-order valence-corrected chi connectivity index (χ0v) is 12.4. The molecule has 0 radical (unpaired) electrons. The predicted molar refractivity (Wildman–Crippen MR) is 77.9 cm³/mol. The summed E-state index contributed by atoms with van der Waals surface area (Å²) in [6.45, 7) is 5.13. The molecule has 20 heavy (non-hydrogen) atoms. The van der Waals surface area contributed by atoms with Gasteiger partial charge >= 0.3 is 0 Å². The molecule has 0 saturated heterocycles. The Labute approximate surface area is 123 Å². The van der Waals surface area contributed by atoms with Crippen LogP contribution in [-0.4, -0.2) is 19.7 Å². The minimum absolute atomic E-state index is 0.0781. The summed E-state index contributed by atoms with van der Waals surface area (Å²) in [6.07, 6.45) is 3.88. The normalized spacial score (nSPS) is 12.8. The Morgan fingerprint density at radius 2 is 2.20 bits per heavy atom. The number of halogens is 1. The molecular formula is C13H19ClN6. The average molecular weight is 295 g/mol. The van der Waals surface area contributed by atoms with Crippen molar-refractivity contribution in [3.8, 4) is 0 Å². The quantitative estimate of drug-likeness (QED) is 0.482. The van der Waals surface area contributed by atoms with E-state index in [-0.39, 0.29) is 6.04 Å². The third kappa shape index (κ3) is 3.75. The second kappa shape index (κ2) is 6.78. The second-order valence-electron chi connectivity index (χ2n) is 5.09. The van der Waals surface area contributed by atoms with Crippen molar-refractivity contribution in [3.05, 3.63) is 41.2 Å². The van der Waals surface area contributed by atoms with Crippen molar-refractivity contribution in [3.63, 3.8) is 0 Å². The second-order valence-corrected chi connectivity index (χ2v) is 5.47. The van der Waals surface area contributed by atoms with E-state index in [1.165, 1.54) is 0 Å². The lowest BCUT2D eigenvalue weighted by molar-refractivity contribution is 0.446. The lowest BCUT2D eigenvalue weighted by atomic mass is 10.1. The molecule has 2 aromatic rings. The number of pyridine rings is 1. The lowest BCUT2D eigenvalue weighted by Gasteiger charge is -2.17. The molecule has 3 N–H and O–H groups in total. The van der Waals surface area contributed by atoms with Crippen LogP contribution in [0, 0.1) is 5.92 Å². The van der Waals surface area contributed by atoms with Gasteiger partial charge in [-0.25, -0.2) is 14.6 Å². The first kappa shape index (κ1) is 14.9. The topological polar surface area (TPSA) is 81.7 Å². The van der Waals surface area contributed by atoms with Gasteiger partial charge in [0, 0.05) is 19.2 Å². The maximum absolute atomic E-state index is 5.91. The number of nitrogens with one attached hydrogen (secondary N) is 1. The number of hydrogen-bond donors (Lipinski definition) is 2. The van der Waals surface area contributed by atoms with Gasteiger partial charge in [-0.2, -0.15) is 5.10 Å². The summed E-state index contributed by atoms with van der Waals surface area (Å²) in [5.74, 6) is 7.06. The highest BCUT2D eigenvalue weighted by Gasteiger charge is 2.15. The molecule has 108 valence electrons. The largest absolute Gasteiger partial charge is 0.271 e. The molecule has 0 saturated carbocycles. The maximum Gasteiger partial charge on any atom is 0.138 e. The molecule has 2 rings (SSSR count). The van der Waals surface area contributed by atoms with Crippen molar-refractivity contribution in [2.75, 3.05) is 0 Å². The Hall–Kier alpha value is -1.50. The fraction of sp³-hybridized carbons (Fsp3) is 0.462. The molecule has 0 aliphatic carbocycles. The van der Waals surface area contributed by atoms with E-state index in [9.17, 15) is 0 Å². The van der Waals surface area contributed by atoms with Gasteiger partial charge in [0.1, 0.15) is 17.3 Å². The molecular weight excluding hydrogens is 276 g/mol. The Morgan fingerprint density at radius 1 is 1.40 bits per heavy atom. The van der Waals surface area contributed by atoms with Gasteiger partial charge in [-0.1, -0.05) is 25.4 Å². The summed E-state index contributed by atoms with van der Waals surface area (Å²) < 4.78 is 1.91. The van der Waals surface area contributed by atoms with E-state index < -0.39 is 0 Å². The summed E-state index contributed by atoms with van der Waals surface area (Å²) >= 11 is 5.91. The van der Waals surface area contributed by atoms with Crippen LogP contribution >= 0.6 is 11.6 Å². The Morgan fingerprint density at radius 3 is 2.85 bits per heavy atom. The highest BCUT2D eigenvalue weighted by molar-refractivity contribution is 6.29. The van der Waals surface area contributed by atoms with E-state index >= 15 is 0 Å². The van der Waals surface area contributed by atoms with Gasteiger partial charge in [0.15, 0.2) is 0 Å². The molecule has 0 aromatic carbocycles. The average Bonchev–Trinajstić information content (AvgIpc) is 2.82. The number of nitrogens with zero attached hydrogens (tertiary/aromatic N) is 4. The number of aromatic nitrogens is 4. The van der Waals surface area contributed by atoms with Crippen molar-refractivity contribution >= 4 is 11.6 Å². The SMILES string of the molecule is CC(C)Cn1ncnc1CC(NN)c1ccnc(Cl)c1. The molecule has 6 nitrogen and oxygen atoms in total. The first-order valence-corrected chi connectivity index (χ1v) is 6.92. The first-order valence-electron chi connectivity index (χ1n) is 6.54. The van der Waals surface area contributed by atoms with Crippen LogP contribution in [0.5, 0.6) is 0 Å². The van der Waals surface area contributed by atoms with E-state index in [1.54, 1.807) is 18.6 Å². The third-order valence-corrected chi connectivity index (χ3v) is 3.18. The van der Waals surface area contributed by atoms with Crippen LogP contribution in [0.15, 0.2) is 24.7 Å². The van der Waals surface area contributed by atoms with Crippen molar-refractivity contribution in [2.45, 2.75) is 32.9 Å². The Kier molecular flexibility index (Phi) is 5.05. The highest BCUT2D eigenvalue weighted by atomic mass is 35.5. The number of nitrogens with two attached hydrogens (primary N) is 1. The summed E-state index contributed by atoms with van der Waals surface area (Å²) in [5.41, 5.74) is 3.78. The molecule has 1 atom stereocenters. The molecule has 2 heterocycles. The van der Waals surface area contributed by atoms with Crippen LogP contribution < -0.4 is 11.3 Å². The molecule has 0 aliphatic rings. The molecule has 0 fully saturated rings. The lowest BCUT2D eigenvalue weighted by Crippen LogP contribution is -2.30. The van der Waals surface area contributed by atoms with Crippen LogP contribution in [-0.2, 0) is 13.0 Å². The van der Waals surface area contributed by atoms with Gasteiger partial charge < -0.3 is 0 Å². The summed E-state index contributed by atoms with van der Waals surface area (Å²) in [5, 5.41) is 4.70. The van der Waals surface area contributed by atoms with E-state index in [0.717, 1.165) is 17.9 Å². The summed E-state index contributed by atoms with van der Waals surface area (Å²) in [4.78, 5) is 8.29. The minimum atomic E-state index is -0.0781. The summed E-state index contributed by atoms with van der Waals surface area (Å²) in [6, 6.07) is 3.61. The smallest absolute Gasteiger partial charge is 0.138 e. The number of rotatable bonds is 6. The molecule has 7 heteroatoms. The van der Waals surface area contributed by atoms with Gasteiger partial charge in [-0.05, 0) is 23.6 Å². The van der Waals surface area contributed by atoms with Crippen molar-refractivity contribution < 1.29 is 0 Å². The van der Waals surface area contributed by atoms with Gasteiger partial charge in [0.25, 0.3) is 0 Å². The van der Waals surface area contributed by atoms with E-state index in [0.29, 0.717) is 17.5 Å². The van der Waals surface area contributed by atoms with Gasteiger partial charge in [0.2, 0.25) is 0 Å². The van der Waals surface area contributed by atoms with Gasteiger partial charge in [-0.3, -0.25) is 11.3 Å². The first-order chi connectivity index (χ1) is 9.60. The fourth-order valence-corrected chi connectivity index (χ4v) is 2.22. The Bertz CT molecular complexity index is 553. The fourth-order valence-electron chi connectivity index (χ4n) is 2.03. The zero-order chi connectivity index (χ0) is 14.5. The molecule has 0 aliphatic heterocycles. The highest BCUT2D eigenvalue weighted by Crippen LogP contribution is 2.19. The van der Waals surface area contributed by atoms with Crippen LogP contribution in [0.25, 0.3) is 0 Å². The van der Waals surface area contributed by atoms with E-state index in [2.05, 4.69) is 34.3 Å². The third-order valence-electron chi connectivity index (χ3n) is 2.97. The van der Waals surface area contributed by atoms with Crippen molar-refractivity contribution in [2.24, 2.45) is 11.8 Å². The van der Waals surface area contributed by atoms with Crippen LogP contribution in [0.4, 0.5) is 0 Å². The van der Waals surface area contributed by atoms with Crippen LogP contribution in [0.1, 0.15) is 31.3 Å². The number of hydrogen-bond acceptors (Lipinski definition) is 5. The number of hydrazine groups is 1. The standard InChI is InChI=1S/C13H19ClN6/c1-9(2)7-20-13(17-8-18-20)6-11(19-15)10-3-4-16-12(14)5-10/h3-5,8-9,11,19H,6-7,15H2,1-2H3. The maximum atomic E-state index is 5.91. The monoisotopic (exact) mass is 294 g/mol.